The number of hydrogen-bond donors (Lipinski definition) is 1. The highest BCUT2D eigenvalue weighted by Crippen LogP contribution is 2.27. The minimum atomic E-state index is -0.836. The van der Waals surface area contributed by atoms with E-state index in [1.165, 1.54) is 0 Å². The second kappa shape index (κ2) is 9.01. The average Bonchev–Trinajstić information content (AvgIpc) is 2.98. The number of rotatable bonds is 7. The van der Waals surface area contributed by atoms with Crippen LogP contribution in [0.25, 0.3) is 0 Å². The zero-order valence-electron chi connectivity index (χ0n) is 14.7. The van der Waals surface area contributed by atoms with E-state index < -0.39 is 12.1 Å². The van der Waals surface area contributed by atoms with Gasteiger partial charge in [-0.3, -0.25) is 4.79 Å². The maximum Gasteiger partial charge on any atom is 0.339 e. The summed E-state index contributed by atoms with van der Waals surface area (Å²) in [7, 11) is 0. The number of thiazole rings is 1. The highest BCUT2D eigenvalue weighted by atomic mass is 32.2. The zero-order chi connectivity index (χ0) is 18.4. The SMILES string of the molecule is Cc1csc(SCc2ccccc2C(=O)O[C@H](C)C(=O)NC(C)C)n1. The van der Waals surface area contributed by atoms with E-state index in [-0.39, 0.29) is 11.9 Å². The fraction of sp³-hybridized carbons (Fsp3) is 0.389. The number of nitrogens with one attached hydrogen (secondary N) is 1. The van der Waals surface area contributed by atoms with E-state index in [9.17, 15) is 9.59 Å². The molecule has 134 valence electrons. The zero-order valence-corrected chi connectivity index (χ0v) is 16.4. The first-order valence-corrected chi connectivity index (χ1v) is 9.87. The Hall–Kier alpha value is -1.86. The molecular weight excluding hydrogens is 356 g/mol. The molecule has 0 bridgehead atoms. The molecule has 1 aromatic carbocycles. The molecule has 2 aromatic rings. The topological polar surface area (TPSA) is 68.3 Å². The number of ether oxygens (including phenoxy) is 1. The van der Waals surface area contributed by atoms with Crippen molar-refractivity contribution >= 4 is 35.0 Å². The lowest BCUT2D eigenvalue weighted by Gasteiger charge is -2.16. The third kappa shape index (κ3) is 5.86. The summed E-state index contributed by atoms with van der Waals surface area (Å²) in [5.74, 6) is -0.170. The van der Waals surface area contributed by atoms with E-state index in [0.717, 1.165) is 15.6 Å². The molecule has 2 rings (SSSR count). The Labute approximate surface area is 156 Å². The molecule has 1 amide bonds. The summed E-state index contributed by atoms with van der Waals surface area (Å²) in [5, 5.41) is 4.73. The molecule has 1 heterocycles. The summed E-state index contributed by atoms with van der Waals surface area (Å²) in [6.45, 7) is 7.25. The highest BCUT2D eigenvalue weighted by Gasteiger charge is 2.21. The van der Waals surface area contributed by atoms with Crippen LogP contribution in [0.4, 0.5) is 0 Å². The summed E-state index contributed by atoms with van der Waals surface area (Å²) in [5.41, 5.74) is 2.33. The Balaban J connectivity index is 2.03. The van der Waals surface area contributed by atoms with E-state index in [0.29, 0.717) is 11.3 Å². The highest BCUT2D eigenvalue weighted by molar-refractivity contribution is 8.00. The molecule has 1 atom stereocenters. The van der Waals surface area contributed by atoms with Crippen molar-refractivity contribution < 1.29 is 14.3 Å². The first-order chi connectivity index (χ1) is 11.9. The fourth-order valence-corrected chi connectivity index (χ4v) is 3.92. The summed E-state index contributed by atoms with van der Waals surface area (Å²) in [6, 6.07) is 7.28. The first-order valence-electron chi connectivity index (χ1n) is 8.01. The van der Waals surface area contributed by atoms with Crippen LogP contribution >= 0.6 is 23.1 Å². The molecule has 0 aliphatic carbocycles. The average molecular weight is 379 g/mol. The second-order valence-electron chi connectivity index (χ2n) is 5.91. The standard InChI is InChI=1S/C18H22N2O3S2/c1-11(2)19-16(21)13(4)23-17(22)15-8-6-5-7-14(15)10-25-18-20-12(3)9-24-18/h5-9,11,13H,10H2,1-4H3,(H,19,21)/t13-/m1/s1. The normalized spacial score (nSPS) is 12.0. The smallest absolute Gasteiger partial charge is 0.339 e. The molecule has 0 saturated carbocycles. The van der Waals surface area contributed by atoms with Gasteiger partial charge < -0.3 is 10.1 Å². The lowest BCUT2D eigenvalue weighted by Crippen LogP contribution is -2.39. The van der Waals surface area contributed by atoms with Crippen molar-refractivity contribution in [1.29, 1.82) is 0 Å². The van der Waals surface area contributed by atoms with Gasteiger partial charge in [0.05, 0.1) is 5.56 Å². The number of esters is 1. The maximum atomic E-state index is 12.5. The second-order valence-corrected chi connectivity index (χ2v) is 7.99. The number of hydrogen-bond acceptors (Lipinski definition) is 6. The van der Waals surface area contributed by atoms with Gasteiger partial charge in [0.2, 0.25) is 0 Å². The van der Waals surface area contributed by atoms with Gasteiger partial charge >= 0.3 is 5.97 Å². The van der Waals surface area contributed by atoms with Crippen molar-refractivity contribution in [3.63, 3.8) is 0 Å². The molecular formula is C18H22N2O3S2. The van der Waals surface area contributed by atoms with Gasteiger partial charge in [-0.2, -0.15) is 0 Å². The lowest BCUT2D eigenvalue weighted by atomic mass is 10.1. The van der Waals surface area contributed by atoms with Gasteiger partial charge in [-0.1, -0.05) is 30.0 Å². The number of carbonyl (C=O) groups is 2. The van der Waals surface area contributed by atoms with Crippen LogP contribution in [-0.2, 0) is 15.3 Å². The molecule has 1 N–H and O–H groups in total. The van der Waals surface area contributed by atoms with E-state index in [1.807, 2.05) is 38.3 Å². The first kappa shape index (κ1) is 19.5. The number of benzene rings is 1. The van der Waals surface area contributed by atoms with Crippen molar-refractivity contribution in [2.24, 2.45) is 0 Å². The maximum absolute atomic E-state index is 12.5. The predicted octanol–water partition coefficient (Wildman–Crippen LogP) is 3.81. The van der Waals surface area contributed by atoms with Crippen LogP contribution in [0.5, 0.6) is 0 Å². The van der Waals surface area contributed by atoms with Crippen molar-refractivity contribution in [1.82, 2.24) is 10.3 Å². The number of aryl methyl sites for hydroxylation is 1. The Morgan fingerprint density at radius 1 is 1.28 bits per heavy atom. The summed E-state index contributed by atoms with van der Waals surface area (Å²) in [4.78, 5) is 28.8. The van der Waals surface area contributed by atoms with Crippen LogP contribution in [-0.4, -0.2) is 29.0 Å². The fourth-order valence-electron chi connectivity index (χ4n) is 2.06. The number of amides is 1. The van der Waals surface area contributed by atoms with Crippen molar-refractivity contribution in [2.75, 3.05) is 0 Å². The van der Waals surface area contributed by atoms with Crippen LogP contribution in [0.15, 0.2) is 34.0 Å². The van der Waals surface area contributed by atoms with Gasteiger partial charge in [-0.15, -0.1) is 11.3 Å². The quantitative estimate of drug-likeness (QED) is 0.586. The molecule has 0 radical (unpaired) electrons. The van der Waals surface area contributed by atoms with Crippen LogP contribution in [0.1, 0.15) is 42.4 Å². The number of thioether (sulfide) groups is 1. The van der Waals surface area contributed by atoms with Gasteiger partial charge in [0.1, 0.15) is 4.34 Å². The van der Waals surface area contributed by atoms with Gasteiger partial charge in [-0.05, 0) is 39.3 Å². The molecule has 0 aliphatic rings. The molecule has 1 aromatic heterocycles. The van der Waals surface area contributed by atoms with E-state index in [1.54, 1.807) is 42.2 Å². The summed E-state index contributed by atoms with van der Waals surface area (Å²) < 4.78 is 6.29. The van der Waals surface area contributed by atoms with Crippen molar-refractivity contribution in [3.8, 4) is 0 Å². The van der Waals surface area contributed by atoms with E-state index in [4.69, 9.17) is 4.74 Å². The van der Waals surface area contributed by atoms with Crippen LogP contribution in [0.3, 0.4) is 0 Å². The third-order valence-electron chi connectivity index (χ3n) is 3.27. The molecule has 7 heteroatoms. The Bertz CT molecular complexity index is 743. The largest absolute Gasteiger partial charge is 0.449 e. The molecule has 0 fully saturated rings. The lowest BCUT2D eigenvalue weighted by molar-refractivity contribution is -0.129. The Morgan fingerprint density at radius 2 is 2.00 bits per heavy atom. The summed E-state index contributed by atoms with van der Waals surface area (Å²) in [6.07, 6.45) is -0.836. The van der Waals surface area contributed by atoms with E-state index >= 15 is 0 Å². The van der Waals surface area contributed by atoms with Crippen molar-refractivity contribution in [3.05, 3.63) is 46.5 Å². The molecule has 0 saturated heterocycles. The summed E-state index contributed by atoms with van der Waals surface area (Å²) >= 11 is 3.17. The van der Waals surface area contributed by atoms with Crippen LogP contribution < -0.4 is 5.32 Å². The van der Waals surface area contributed by atoms with E-state index in [2.05, 4.69) is 10.3 Å². The van der Waals surface area contributed by atoms with Gasteiger partial charge in [0.25, 0.3) is 5.91 Å². The monoisotopic (exact) mass is 378 g/mol. The van der Waals surface area contributed by atoms with Crippen LogP contribution in [0.2, 0.25) is 0 Å². The van der Waals surface area contributed by atoms with Gasteiger partial charge in [0, 0.05) is 22.9 Å². The minimum absolute atomic E-state index is 0.000842. The van der Waals surface area contributed by atoms with Gasteiger partial charge in [0.15, 0.2) is 6.10 Å². The van der Waals surface area contributed by atoms with Crippen molar-refractivity contribution in [2.45, 2.75) is 49.9 Å². The molecule has 0 aliphatic heterocycles. The Kier molecular flexibility index (Phi) is 7.01. The molecule has 5 nitrogen and oxygen atoms in total. The number of aromatic nitrogens is 1. The molecule has 0 spiro atoms. The van der Waals surface area contributed by atoms with Gasteiger partial charge in [-0.25, -0.2) is 9.78 Å². The predicted molar refractivity (Wildman–Crippen MR) is 101 cm³/mol. The minimum Gasteiger partial charge on any atom is -0.449 e. The third-order valence-corrected chi connectivity index (χ3v) is 5.46. The van der Waals surface area contributed by atoms with Crippen LogP contribution in [0, 0.1) is 6.92 Å². The molecule has 25 heavy (non-hydrogen) atoms. The number of nitrogens with zero attached hydrogens (tertiary/aromatic N) is 1. The molecule has 0 unspecified atom stereocenters. The number of carbonyl (C=O) groups excluding carboxylic acids is 2. The Morgan fingerprint density at radius 3 is 2.64 bits per heavy atom.